The van der Waals surface area contributed by atoms with Crippen molar-refractivity contribution in [3.05, 3.63) is 51.4 Å². The number of hydrogen-bond donors (Lipinski definition) is 1. The molecule has 4 bridgehead atoms. The standard InChI is InChI=1S/C31H39NO5S/c1-6-36-28(34)24-11-25(18(2)3)38-27(24)32-26(33)16-37-29(35)31-14-21-10-22(15-31)13-30(12-21,17-31)23-8-7-19(4)20(5)9-23/h7-9,11,18,21-22H,6,10,12-17H2,1-5H3,(H,32,33)/t21-,22-,30?,31?/m0/s1. The Kier molecular flexibility index (Phi) is 7.18. The van der Waals surface area contributed by atoms with E-state index in [1.807, 2.05) is 13.8 Å². The fraction of sp³-hybridized carbons (Fsp3) is 0.581. The van der Waals surface area contributed by atoms with Crippen molar-refractivity contribution in [1.29, 1.82) is 0 Å². The predicted molar refractivity (Wildman–Crippen MR) is 149 cm³/mol. The van der Waals surface area contributed by atoms with Crippen molar-refractivity contribution in [2.24, 2.45) is 17.3 Å². The van der Waals surface area contributed by atoms with Crippen molar-refractivity contribution in [3.63, 3.8) is 0 Å². The fourth-order valence-electron chi connectivity index (χ4n) is 7.51. The number of aryl methyl sites for hydroxylation is 2. The first-order valence-corrected chi connectivity index (χ1v) is 14.7. The van der Waals surface area contributed by atoms with Crippen LogP contribution in [0.5, 0.6) is 0 Å². The molecule has 0 unspecified atom stereocenters. The highest BCUT2D eigenvalue weighted by Gasteiger charge is 2.61. The molecule has 6 rings (SSSR count). The Bertz CT molecular complexity index is 1250. The molecule has 6 nitrogen and oxygen atoms in total. The van der Waals surface area contributed by atoms with Crippen LogP contribution in [0.2, 0.25) is 0 Å². The van der Waals surface area contributed by atoms with Gasteiger partial charge in [-0.2, -0.15) is 0 Å². The van der Waals surface area contributed by atoms with Gasteiger partial charge >= 0.3 is 11.9 Å². The average molecular weight is 538 g/mol. The highest BCUT2D eigenvalue weighted by Crippen LogP contribution is 2.66. The molecule has 2 atom stereocenters. The van der Waals surface area contributed by atoms with Crippen molar-refractivity contribution in [1.82, 2.24) is 0 Å². The van der Waals surface area contributed by atoms with Crippen LogP contribution in [0.4, 0.5) is 5.00 Å². The molecular formula is C31H39NO5S. The number of thiophene rings is 1. The second-order valence-corrected chi connectivity index (χ2v) is 13.3. The molecule has 7 heteroatoms. The topological polar surface area (TPSA) is 81.7 Å². The van der Waals surface area contributed by atoms with Gasteiger partial charge < -0.3 is 14.8 Å². The van der Waals surface area contributed by atoms with E-state index in [0.717, 1.165) is 37.0 Å². The Hall–Kier alpha value is -2.67. The average Bonchev–Trinajstić information content (AvgIpc) is 3.27. The number of ether oxygens (including phenoxy) is 2. The maximum atomic E-state index is 13.6. The smallest absolute Gasteiger partial charge is 0.341 e. The van der Waals surface area contributed by atoms with Crippen LogP contribution >= 0.6 is 11.3 Å². The number of hydrogen-bond acceptors (Lipinski definition) is 6. The maximum absolute atomic E-state index is 13.6. The van der Waals surface area contributed by atoms with Crippen LogP contribution in [0.15, 0.2) is 24.3 Å². The normalized spacial score (nSPS) is 27.4. The highest BCUT2D eigenvalue weighted by atomic mass is 32.1. The minimum Gasteiger partial charge on any atom is -0.462 e. The Morgan fingerprint density at radius 3 is 2.37 bits per heavy atom. The van der Waals surface area contributed by atoms with E-state index in [1.54, 1.807) is 13.0 Å². The molecule has 2 aromatic rings. The van der Waals surface area contributed by atoms with Crippen molar-refractivity contribution in [3.8, 4) is 0 Å². The number of carbonyl (C=O) groups is 3. The molecule has 0 radical (unpaired) electrons. The van der Waals surface area contributed by atoms with Crippen LogP contribution in [0.3, 0.4) is 0 Å². The molecule has 4 saturated carbocycles. The molecular weight excluding hydrogens is 498 g/mol. The summed E-state index contributed by atoms with van der Waals surface area (Å²) in [4.78, 5) is 39.9. The summed E-state index contributed by atoms with van der Waals surface area (Å²) in [6.45, 7) is 10.0. The zero-order valence-electron chi connectivity index (χ0n) is 23.1. The van der Waals surface area contributed by atoms with Gasteiger partial charge in [0.15, 0.2) is 6.61 Å². The Morgan fingerprint density at radius 1 is 1.03 bits per heavy atom. The quantitative estimate of drug-likeness (QED) is 0.380. The van der Waals surface area contributed by atoms with Gasteiger partial charge in [-0.1, -0.05) is 32.0 Å². The third-order valence-corrected chi connectivity index (χ3v) is 10.4. The fourth-order valence-corrected chi connectivity index (χ4v) is 8.57. The van der Waals surface area contributed by atoms with Gasteiger partial charge in [-0.05, 0) is 105 Å². The van der Waals surface area contributed by atoms with Crippen LogP contribution in [0.25, 0.3) is 0 Å². The molecule has 38 heavy (non-hydrogen) atoms. The van der Waals surface area contributed by atoms with Crippen LogP contribution in [0, 0.1) is 31.1 Å². The number of carbonyl (C=O) groups excluding carboxylic acids is 3. The van der Waals surface area contributed by atoms with E-state index in [9.17, 15) is 14.4 Å². The van der Waals surface area contributed by atoms with E-state index >= 15 is 0 Å². The highest BCUT2D eigenvalue weighted by molar-refractivity contribution is 7.16. The third-order valence-electron chi connectivity index (χ3n) is 9.02. The Balaban J connectivity index is 1.29. The summed E-state index contributed by atoms with van der Waals surface area (Å²) in [5.74, 6) is 0.105. The van der Waals surface area contributed by atoms with Crippen LogP contribution in [-0.2, 0) is 24.5 Å². The molecule has 204 valence electrons. The summed E-state index contributed by atoms with van der Waals surface area (Å²) < 4.78 is 10.9. The molecule has 4 aliphatic rings. The first-order valence-electron chi connectivity index (χ1n) is 13.9. The van der Waals surface area contributed by atoms with E-state index < -0.39 is 17.3 Å². The minimum atomic E-state index is -0.521. The zero-order valence-corrected chi connectivity index (χ0v) is 24.0. The Morgan fingerprint density at radius 2 is 1.74 bits per heavy atom. The summed E-state index contributed by atoms with van der Waals surface area (Å²) in [5.41, 5.74) is 3.78. The van der Waals surface area contributed by atoms with Crippen molar-refractivity contribution < 1.29 is 23.9 Å². The number of nitrogens with one attached hydrogen (secondary N) is 1. The molecule has 0 spiro atoms. The predicted octanol–water partition coefficient (Wildman–Crippen LogP) is 6.68. The summed E-state index contributed by atoms with van der Waals surface area (Å²) in [6.07, 6.45) is 5.96. The molecule has 4 aliphatic carbocycles. The van der Waals surface area contributed by atoms with Gasteiger partial charge in [-0.25, -0.2) is 4.79 Å². The molecule has 1 aromatic carbocycles. The van der Waals surface area contributed by atoms with E-state index in [1.165, 1.54) is 34.4 Å². The molecule has 0 saturated heterocycles. The molecule has 1 amide bonds. The lowest BCUT2D eigenvalue weighted by atomic mass is 9.43. The van der Waals surface area contributed by atoms with Gasteiger partial charge in [0.25, 0.3) is 5.91 Å². The van der Waals surface area contributed by atoms with Crippen molar-refractivity contribution in [2.75, 3.05) is 18.5 Å². The number of anilines is 1. The monoisotopic (exact) mass is 537 g/mol. The van der Waals surface area contributed by atoms with Crippen molar-refractivity contribution in [2.45, 2.75) is 84.5 Å². The van der Waals surface area contributed by atoms with Crippen LogP contribution < -0.4 is 5.32 Å². The second-order valence-electron chi connectivity index (χ2n) is 12.2. The van der Waals surface area contributed by atoms with Crippen molar-refractivity contribution >= 4 is 34.2 Å². The number of esters is 2. The lowest BCUT2D eigenvalue weighted by molar-refractivity contribution is -0.175. The first kappa shape index (κ1) is 26.9. The van der Waals surface area contributed by atoms with Gasteiger partial charge in [0, 0.05) is 4.88 Å². The molecule has 0 aliphatic heterocycles. The molecule has 4 fully saturated rings. The minimum absolute atomic E-state index is 0.0164. The number of benzene rings is 1. The van der Waals surface area contributed by atoms with E-state index in [2.05, 4.69) is 37.4 Å². The SMILES string of the molecule is CCOC(=O)c1cc(C(C)C)sc1NC(=O)COC(=O)C12C[C@H]3C[C@H](C1)CC(c1ccc(C)c(C)c1)(C3)C2. The Labute approximate surface area is 229 Å². The van der Waals surface area contributed by atoms with E-state index in [-0.39, 0.29) is 30.5 Å². The van der Waals surface area contributed by atoms with Gasteiger partial charge in [-0.3, -0.25) is 9.59 Å². The third kappa shape index (κ3) is 4.90. The maximum Gasteiger partial charge on any atom is 0.341 e. The lowest BCUT2D eigenvalue weighted by Gasteiger charge is -2.61. The van der Waals surface area contributed by atoms with Gasteiger partial charge in [0.1, 0.15) is 5.00 Å². The first-order chi connectivity index (χ1) is 18.0. The van der Waals surface area contributed by atoms with E-state index in [4.69, 9.17) is 9.47 Å². The molecule has 1 N–H and O–H groups in total. The summed E-state index contributed by atoms with van der Waals surface area (Å²) >= 11 is 1.36. The molecule has 1 aromatic heterocycles. The van der Waals surface area contributed by atoms with Gasteiger partial charge in [0.2, 0.25) is 0 Å². The summed E-state index contributed by atoms with van der Waals surface area (Å²) in [7, 11) is 0. The summed E-state index contributed by atoms with van der Waals surface area (Å²) in [5, 5.41) is 3.24. The van der Waals surface area contributed by atoms with Crippen LogP contribution in [-0.4, -0.2) is 31.1 Å². The number of amides is 1. The zero-order chi connectivity index (χ0) is 27.2. The van der Waals surface area contributed by atoms with E-state index in [0.29, 0.717) is 22.4 Å². The van der Waals surface area contributed by atoms with Crippen LogP contribution in [0.1, 0.15) is 97.1 Å². The molecule has 1 heterocycles. The van der Waals surface area contributed by atoms with Gasteiger partial charge in [0.05, 0.1) is 17.6 Å². The lowest BCUT2D eigenvalue weighted by Crippen LogP contribution is -2.57. The summed E-state index contributed by atoms with van der Waals surface area (Å²) in [6, 6.07) is 8.56. The largest absolute Gasteiger partial charge is 0.462 e. The second kappa shape index (κ2) is 10.1. The number of rotatable bonds is 8. The van der Waals surface area contributed by atoms with Gasteiger partial charge in [-0.15, -0.1) is 11.3 Å².